The van der Waals surface area contributed by atoms with Gasteiger partial charge in [0.2, 0.25) is 0 Å². The average molecular weight is 222 g/mol. The van der Waals surface area contributed by atoms with E-state index in [0.29, 0.717) is 6.42 Å². The summed E-state index contributed by atoms with van der Waals surface area (Å²) in [5.41, 5.74) is 0. The first-order chi connectivity index (χ1) is 7.04. The smallest absolute Gasteiger partial charge is 0.151 e. The second-order valence-electron chi connectivity index (χ2n) is 3.69. The van der Waals surface area contributed by atoms with E-state index in [1.54, 1.807) is 6.92 Å². The van der Waals surface area contributed by atoms with Gasteiger partial charge in [-0.2, -0.15) is 0 Å². The van der Waals surface area contributed by atoms with Gasteiger partial charge >= 0.3 is 0 Å². The van der Waals surface area contributed by atoms with Gasteiger partial charge in [-0.25, -0.2) is 0 Å². The molecule has 0 aliphatic carbocycles. The molecule has 1 atom stereocenters. The zero-order valence-corrected chi connectivity index (χ0v) is 9.89. The van der Waals surface area contributed by atoms with Gasteiger partial charge in [-0.05, 0) is 39.0 Å². The molecular weight excluding hydrogens is 196 g/mol. The summed E-state index contributed by atoms with van der Waals surface area (Å²) in [5.74, 6) is 0. The van der Waals surface area contributed by atoms with E-state index in [-0.39, 0.29) is 12.7 Å². The third-order valence-electron chi connectivity index (χ3n) is 1.85. The highest BCUT2D eigenvalue weighted by atomic mass is 16.5. The maximum atomic E-state index is 8.70. The molecular formula is C11H26O4. The predicted molar refractivity (Wildman–Crippen MR) is 60.4 cm³/mol. The molecule has 0 aromatic heterocycles. The van der Waals surface area contributed by atoms with Crippen molar-refractivity contribution in [1.82, 2.24) is 0 Å². The minimum atomic E-state index is -1.10. The fourth-order valence-corrected chi connectivity index (χ4v) is 0.938. The Bertz CT molecular complexity index is 105. The van der Waals surface area contributed by atoms with Crippen LogP contribution in [0.5, 0.6) is 0 Å². The van der Waals surface area contributed by atoms with Gasteiger partial charge in [0.1, 0.15) is 0 Å². The molecule has 15 heavy (non-hydrogen) atoms. The summed E-state index contributed by atoms with van der Waals surface area (Å²) in [7, 11) is 0. The summed E-state index contributed by atoms with van der Waals surface area (Å²) in [6.45, 7) is 4.02. The molecule has 4 heteroatoms. The van der Waals surface area contributed by atoms with Crippen LogP contribution < -0.4 is 0 Å². The number of hydrogen-bond donors (Lipinski definition) is 4. The van der Waals surface area contributed by atoms with Crippen molar-refractivity contribution in [3.63, 3.8) is 0 Å². The van der Waals surface area contributed by atoms with Crippen LogP contribution in [-0.2, 0) is 0 Å². The van der Waals surface area contributed by atoms with E-state index in [4.69, 9.17) is 20.4 Å². The van der Waals surface area contributed by atoms with Crippen molar-refractivity contribution < 1.29 is 20.4 Å². The zero-order chi connectivity index (χ0) is 12.1. The molecule has 0 fully saturated rings. The topological polar surface area (TPSA) is 80.9 Å². The van der Waals surface area contributed by atoms with Crippen LogP contribution in [0.3, 0.4) is 0 Å². The molecule has 0 heterocycles. The Balaban J connectivity index is 0. The third-order valence-corrected chi connectivity index (χ3v) is 1.85. The first kappa shape index (κ1) is 17.2. The molecule has 0 aliphatic heterocycles. The molecule has 0 saturated heterocycles. The lowest BCUT2D eigenvalue weighted by Gasteiger charge is -1.99. The van der Waals surface area contributed by atoms with Crippen LogP contribution in [0, 0.1) is 0 Å². The number of hydrogen-bond acceptors (Lipinski definition) is 4. The monoisotopic (exact) mass is 222 g/mol. The lowest BCUT2D eigenvalue weighted by atomic mass is 10.2. The SMILES string of the molecule is CC(O)CCCCO.CCCCC(O)O. The molecule has 0 aromatic carbocycles. The highest BCUT2D eigenvalue weighted by Crippen LogP contribution is 1.97. The number of aliphatic hydroxyl groups excluding tert-OH is 3. The number of rotatable bonds is 7. The van der Waals surface area contributed by atoms with Gasteiger partial charge in [0.15, 0.2) is 6.29 Å². The van der Waals surface area contributed by atoms with Crippen molar-refractivity contribution in [1.29, 1.82) is 0 Å². The second kappa shape index (κ2) is 13.8. The van der Waals surface area contributed by atoms with Crippen LogP contribution in [-0.4, -0.2) is 39.4 Å². The van der Waals surface area contributed by atoms with Crippen molar-refractivity contribution >= 4 is 0 Å². The first-order valence-corrected chi connectivity index (χ1v) is 5.69. The second-order valence-corrected chi connectivity index (χ2v) is 3.69. The molecule has 0 aromatic rings. The minimum absolute atomic E-state index is 0.207. The number of unbranched alkanes of at least 4 members (excludes halogenated alkanes) is 2. The Morgan fingerprint density at radius 1 is 0.933 bits per heavy atom. The first-order valence-electron chi connectivity index (χ1n) is 5.69. The summed E-state index contributed by atoms with van der Waals surface area (Å²) in [5, 5.41) is 33.5. The fourth-order valence-electron chi connectivity index (χ4n) is 0.938. The van der Waals surface area contributed by atoms with Crippen LogP contribution in [0.25, 0.3) is 0 Å². The summed E-state index contributed by atoms with van der Waals surface area (Å²) in [4.78, 5) is 0. The Kier molecular flexibility index (Phi) is 15.9. The molecule has 4 N–H and O–H groups in total. The van der Waals surface area contributed by atoms with Gasteiger partial charge < -0.3 is 20.4 Å². The van der Waals surface area contributed by atoms with E-state index >= 15 is 0 Å². The van der Waals surface area contributed by atoms with Crippen LogP contribution in [0.1, 0.15) is 52.4 Å². The van der Waals surface area contributed by atoms with Crippen molar-refractivity contribution in [2.45, 2.75) is 64.8 Å². The lowest BCUT2D eigenvalue weighted by molar-refractivity contribution is -0.0463. The normalized spacial score (nSPS) is 12.2. The quantitative estimate of drug-likeness (QED) is 0.383. The average Bonchev–Trinajstić information content (AvgIpc) is 2.15. The van der Waals surface area contributed by atoms with Gasteiger partial charge in [-0.1, -0.05) is 13.3 Å². The Morgan fingerprint density at radius 2 is 1.53 bits per heavy atom. The zero-order valence-electron chi connectivity index (χ0n) is 9.89. The van der Waals surface area contributed by atoms with Crippen LogP contribution in [0.4, 0.5) is 0 Å². The highest BCUT2D eigenvalue weighted by Gasteiger charge is 1.92. The fraction of sp³-hybridized carbons (Fsp3) is 1.00. The van der Waals surface area contributed by atoms with Gasteiger partial charge in [0.05, 0.1) is 6.10 Å². The van der Waals surface area contributed by atoms with Gasteiger partial charge in [0, 0.05) is 6.61 Å². The molecule has 94 valence electrons. The Morgan fingerprint density at radius 3 is 1.80 bits per heavy atom. The molecule has 0 bridgehead atoms. The van der Waals surface area contributed by atoms with Crippen molar-refractivity contribution in [2.24, 2.45) is 0 Å². The largest absolute Gasteiger partial charge is 0.396 e. The van der Waals surface area contributed by atoms with E-state index in [1.165, 1.54) is 0 Å². The minimum Gasteiger partial charge on any atom is -0.396 e. The summed E-state index contributed by atoms with van der Waals surface area (Å²) >= 11 is 0. The summed E-state index contributed by atoms with van der Waals surface area (Å²) in [6, 6.07) is 0. The van der Waals surface area contributed by atoms with E-state index in [9.17, 15) is 0 Å². The number of aliphatic hydroxyl groups is 4. The summed E-state index contributed by atoms with van der Waals surface area (Å²) in [6.07, 6.45) is 3.67. The Hall–Kier alpha value is -0.160. The predicted octanol–water partition coefficient (Wildman–Crippen LogP) is 1.02. The van der Waals surface area contributed by atoms with Crippen LogP contribution in [0.2, 0.25) is 0 Å². The highest BCUT2D eigenvalue weighted by molar-refractivity contribution is 4.45. The molecule has 0 aliphatic rings. The Labute approximate surface area is 92.6 Å². The lowest BCUT2D eigenvalue weighted by Crippen LogP contribution is -2.02. The molecule has 4 nitrogen and oxygen atoms in total. The van der Waals surface area contributed by atoms with E-state index < -0.39 is 6.29 Å². The maximum Gasteiger partial charge on any atom is 0.151 e. The van der Waals surface area contributed by atoms with Crippen LogP contribution in [0.15, 0.2) is 0 Å². The molecule has 0 saturated carbocycles. The van der Waals surface area contributed by atoms with Crippen molar-refractivity contribution in [3.05, 3.63) is 0 Å². The standard InChI is InChI=1S/C6H14O2.C5H12O2/c1-6(8)4-2-3-5-7;1-2-3-4-5(6)7/h6-8H,2-5H2,1H3;5-7H,2-4H2,1H3. The molecule has 0 radical (unpaired) electrons. The van der Waals surface area contributed by atoms with E-state index in [2.05, 4.69) is 0 Å². The van der Waals surface area contributed by atoms with E-state index in [1.807, 2.05) is 6.92 Å². The van der Waals surface area contributed by atoms with Crippen LogP contribution >= 0.6 is 0 Å². The molecule has 0 rings (SSSR count). The van der Waals surface area contributed by atoms with Gasteiger partial charge in [-0.15, -0.1) is 0 Å². The maximum absolute atomic E-state index is 8.70. The van der Waals surface area contributed by atoms with Gasteiger partial charge in [0.25, 0.3) is 0 Å². The van der Waals surface area contributed by atoms with Gasteiger partial charge in [-0.3, -0.25) is 0 Å². The molecule has 0 amide bonds. The third kappa shape index (κ3) is 24.8. The van der Waals surface area contributed by atoms with Crippen molar-refractivity contribution in [2.75, 3.05) is 6.61 Å². The van der Waals surface area contributed by atoms with Crippen molar-refractivity contribution in [3.8, 4) is 0 Å². The molecule has 1 unspecified atom stereocenters. The summed E-state index contributed by atoms with van der Waals surface area (Å²) < 4.78 is 0. The molecule has 0 spiro atoms. The van der Waals surface area contributed by atoms with E-state index in [0.717, 1.165) is 32.1 Å².